The van der Waals surface area contributed by atoms with E-state index in [1.807, 2.05) is 31.2 Å². The number of benzene rings is 1. The standard InChI is InChI=1S/C14H14N4OS/c1-9-4-6-11(7-5-9)20-14-12(16-17-15)8-13(10(2)19)18(14)3/h4-8H,1-3H3. The molecule has 0 saturated heterocycles. The van der Waals surface area contributed by atoms with Gasteiger partial charge in [-0.05, 0) is 30.7 Å². The first-order valence-corrected chi connectivity index (χ1v) is 6.85. The van der Waals surface area contributed by atoms with E-state index >= 15 is 0 Å². The molecule has 0 aliphatic heterocycles. The first-order chi connectivity index (χ1) is 9.52. The fourth-order valence-electron chi connectivity index (χ4n) is 1.87. The quantitative estimate of drug-likeness (QED) is 0.356. The molecule has 1 aromatic heterocycles. The summed E-state index contributed by atoms with van der Waals surface area (Å²) < 4.78 is 1.76. The van der Waals surface area contributed by atoms with Crippen LogP contribution in [-0.2, 0) is 7.05 Å². The molecule has 0 spiro atoms. The summed E-state index contributed by atoms with van der Waals surface area (Å²) in [6.45, 7) is 3.52. The Morgan fingerprint density at radius 1 is 1.35 bits per heavy atom. The van der Waals surface area contributed by atoms with Crippen LogP contribution in [0.2, 0.25) is 0 Å². The number of aryl methyl sites for hydroxylation is 1. The van der Waals surface area contributed by atoms with Gasteiger partial charge in [-0.25, -0.2) is 0 Å². The van der Waals surface area contributed by atoms with Gasteiger partial charge in [0.15, 0.2) is 5.78 Å². The third-order valence-corrected chi connectivity index (χ3v) is 4.09. The van der Waals surface area contributed by atoms with Gasteiger partial charge in [0.25, 0.3) is 0 Å². The van der Waals surface area contributed by atoms with Crippen LogP contribution in [0.25, 0.3) is 10.4 Å². The number of carbonyl (C=O) groups excluding carboxylic acids is 1. The molecule has 0 saturated carbocycles. The van der Waals surface area contributed by atoms with Crippen LogP contribution in [0.1, 0.15) is 23.0 Å². The number of rotatable bonds is 4. The van der Waals surface area contributed by atoms with Crippen LogP contribution < -0.4 is 0 Å². The number of Topliss-reactive ketones (excluding diaryl/α,β-unsaturated/α-hetero) is 1. The van der Waals surface area contributed by atoms with Gasteiger partial charge >= 0.3 is 0 Å². The highest BCUT2D eigenvalue weighted by Crippen LogP contribution is 2.37. The number of hydrogen-bond donors (Lipinski definition) is 0. The molecule has 0 unspecified atom stereocenters. The second-order valence-corrected chi connectivity index (χ2v) is 5.50. The van der Waals surface area contributed by atoms with Gasteiger partial charge in [-0.2, -0.15) is 0 Å². The molecular weight excluding hydrogens is 272 g/mol. The van der Waals surface area contributed by atoms with Gasteiger partial charge in [0, 0.05) is 23.8 Å². The van der Waals surface area contributed by atoms with Crippen LogP contribution in [0.3, 0.4) is 0 Å². The topological polar surface area (TPSA) is 70.8 Å². The zero-order valence-corrected chi connectivity index (χ0v) is 12.3. The van der Waals surface area contributed by atoms with Crippen molar-refractivity contribution in [1.82, 2.24) is 4.57 Å². The molecule has 0 aliphatic carbocycles. The van der Waals surface area contributed by atoms with Crippen LogP contribution in [0.15, 0.2) is 45.4 Å². The molecule has 1 heterocycles. The van der Waals surface area contributed by atoms with Gasteiger partial charge in [-0.1, -0.05) is 34.6 Å². The minimum absolute atomic E-state index is 0.0577. The lowest BCUT2D eigenvalue weighted by Crippen LogP contribution is -2.01. The summed E-state index contributed by atoms with van der Waals surface area (Å²) in [6.07, 6.45) is 0. The summed E-state index contributed by atoms with van der Waals surface area (Å²) in [5, 5.41) is 4.43. The Bertz CT molecular complexity index is 697. The van der Waals surface area contributed by atoms with Crippen LogP contribution in [0.4, 0.5) is 5.69 Å². The molecule has 1 aromatic carbocycles. The van der Waals surface area contributed by atoms with E-state index in [-0.39, 0.29) is 5.78 Å². The fraction of sp³-hybridized carbons (Fsp3) is 0.214. The molecule has 0 bridgehead atoms. The maximum Gasteiger partial charge on any atom is 0.176 e. The molecule has 2 aromatic rings. The Labute approximate surface area is 121 Å². The number of ketones is 1. The van der Waals surface area contributed by atoms with E-state index in [9.17, 15) is 4.79 Å². The monoisotopic (exact) mass is 286 g/mol. The predicted molar refractivity (Wildman–Crippen MR) is 79.5 cm³/mol. The molecule has 0 radical (unpaired) electrons. The van der Waals surface area contributed by atoms with E-state index in [1.165, 1.54) is 24.2 Å². The Kier molecular flexibility index (Phi) is 4.17. The van der Waals surface area contributed by atoms with Gasteiger partial charge in [-0.3, -0.25) is 4.79 Å². The van der Waals surface area contributed by atoms with Crippen molar-refractivity contribution in [3.05, 3.63) is 52.0 Å². The van der Waals surface area contributed by atoms with Crippen molar-refractivity contribution in [3.63, 3.8) is 0 Å². The van der Waals surface area contributed by atoms with Gasteiger partial charge in [0.05, 0.1) is 16.4 Å². The lowest BCUT2D eigenvalue weighted by atomic mass is 10.2. The summed E-state index contributed by atoms with van der Waals surface area (Å²) in [4.78, 5) is 15.4. The molecule has 0 N–H and O–H groups in total. The van der Waals surface area contributed by atoms with Gasteiger partial charge < -0.3 is 4.57 Å². The summed E-state index contributed by atoms with van der Waals surface area (Å²) in [5.74, 6) is -0.0577. The molecule has 2 rings (SSSR count). The predicted octanol–water partition coefficient (Wildman–Crippen LogP) is 4.63. The molecule has 5 nitrogen and oxygen atoms in total. The molecule has 102 valence electrons. The van der Waals surface area contributed by atoms with Crippen molar-refractivity contribution in [1.29, 1.82) is 0 Å². The van der Waals surface area contributed by atoms with E-state index in [0.29, 0.717) is 11.4 Å². The van der Waals surface area contributed by atoms with Crippen molar-refractivity contribution >= 4 is 23.2 Å². The van der Waals surface area contributed by atoms with Gasteiger partial charge in [0.1, 0.15) is 0 Å². The molecule has 0 fully saturated rings. The molecular formula is C14H14N4OS. The average Bonchev–Trinajstić information content (AvgIpc) is 2.71. The van der Waals surface area contributed by atoms with E-state index in [2.05, 4.69) is 10.0 Å². The number of hydrogen-bond acceptors (Lipinski definition) is 3. The Hall–Kier alpha value is -2.17. The van der Waals surface area contributed by atoms with E-state index in [0.717, 1.165) is 9.92 Å². The molecule has 6 heteroatoms. The Morgan fingerprint density at radius 2 is 2.00 bits per heavy atom. The third-order valence-electron chi connectivity index (χ3n) is 2.91. The van der Waals surface area contributed by atoms with Gasteiger partial charge in [-0.15, -0.1) is 0 Å². The van der Waals surface area contributed by atoms with Crippen molar-refractivity contribution in [2.24, 2.45) is 12.2 Å². The molecule has 0 atom stereocenters. The van der Waals surface area contributed by atoms with Crippen molar-refractivity contribution in [2.45, 2.75) is 23.8 Å². The first-order valence-electron chi connectivity index (χ1n) is 6.03. The van der Waals surface area contributed by atoms with Crippen LogP contribution in [0, 0.1) is 6.92 Å². The summed E-state index contributed by atoms with van der Waals surface area (Å²) in [5.41, 5.74) is 10.8. The highest BCUT2D eigenvalue weighted by molar-refractivity contribution is 7.99. The molecule has 20 heavy (non-hydrogen) atoms. The zero-order valence-electron chi connectivity index (χ0n) is 11.5. The largest absolute Gasteiger partial charge is 0.336 e. The minimum Gasteiger partial charge on any atom is -0.336 e. The molecule has 0 aliphatic rings. The lowest BCUT2D eigenvalue weighted by molar-refractivity contribution is 0.100. The van der Waals surface area contributed by atoms with E-state index in [4.69, 9.17) is 5.53 Å². The van der Waals surface area contributed by atoms with Crippen molar-refractivity contribution in [2.75, 3.05) is 0 Å². The van der Waals surface area contributed by atoms with E-state index in [1.54, 1.807) is 17.7 Å². The minimum atomic E-state index is -0.0577. The second-order valence-electron chi connectivity index (χ2n) is 4.44. The van der Waals surface area contributed by atoms with Crippen molar-refractivity contribution in [3.8, 4) is 0 Å². The maximum absolute atomic E-state index is 11.6. The zero-order chi connectivity index (χ0) is 14.7. The van der Waals surface area contributed by atoms with Crippen LogP contribution in [-0.4, -0.2) is 10.4 Å². The fourth-order valence-corrected chi connectivity index (χ4v) is 2.80. The Morgan fingerprint density at radius 3 is 2.55 bits per heavy atom. The summed E-state index contributed by atoms with van der Waals surface area (Å²) in [7, 11) is 1.80. The summed E-state index contributed by atoms with van der Waals surface area (Å²) >= 11 is 1.47. The Balaban J connectivity index is 2.46. The SMILES string of the molecule is CC(=O)c1cc(N=[N+]=[N-])c(Sc2ccc(C)cc2)n1C. The lowest BCUT2D eigenvalue weighted by Gasteiger charge is -2.06. The average molecular weight is 286 g/mol. The number of nitrogens with zero attached hydrogens (tertiary/aromatic N) is 4. The molecule has 0 amide bonds. The normalized spacial score (nSPS) is 10.2. The first kappa shape index (κ1) is 14.2. The third kappa shape index (κ3) is 2.87. The van der Waals surface area contributed by atoms with Crippen LogP contribution >= 0.6 is 11.8 Å². The number of aromatic nitrogens is 1. The highest BCUT2D eigenvalue weighted by atomic mass is 32.2. The van der Waals surface area contributed by atoms with Gasteiger partial charge in [0.2, 0.25) is 0 Å². The smallest absolute Gasteiger partial charge is 0.176 e. The second kappa shape index (κ2) is 5.86. The summed E-state index contributed by atoms with van der Waals surface area (Å²) in [6, 6.07) is 9.66. The van der Waals surface area contributed by atoms with Crippen LogP contribution in [0.5, 0.6) is 0 Å². The van der Waals surface area contributed by atoms with E-state index < -0.39 is 0 Å². The highest BCUT2D eigenvalue weighted by Gasteiger charge is 2.15. The van der Waals surface area contributed by atoms with Crippen molar-refractivity contribution < 1.29 is 4.79 Å². The number of azide groups is 1. The maximum atomic E-state index is 11.6. The number of carbonyl (C=O) groups is 1.